The van der Waals surface area contributed by atoms with Gasteiger partial charge in [0.15, 0.2) is 0 Å². The van der Waals surface area contributed by atoms with Gasteiger partial charge in [-0.15, -0.1) is 0 Å². The first kappa shape index (κ1) is 12.9. The van der Waals surface area contributed by atoms with Crippen molar-refractivity contribution in [2.75, 3.05) is 0 Å². The Morgan fingerprint density at radius 1 is 1.20 bits per heavy atom. The number of aromatic nitrogens is 4. The van der Waals surface area contributed by atoms with Crippen molar-refractivity contribution in [3.63, 3.8) is 0 Å². The molecule has 0 amide bonds. The van der Waals surface area contributed by atoms with Gasteiger partial charge in [0.2, 0.25) is 0 Å². The van der Waals surface area contributed by atoms with Crippen molar-refractivity contribution in [3.05, 3.63) is 47.4 Å². The van der Waals surface area contributed by atoms with Crippen LogP contribution < -0.4 is 5.73 Å². The van der Waals surface area contributed by atoms with Crippen LogP contribution >= 0.6 is 0 Å². The summed E-state index contributed by atoms with van der Waals surface area (Å²) in [6.45, 7) is 6.23. The summed E-state index contributed by atoms with van der Waals surface area (Å²) in [6.07, 6.45) is 1.84. The van der Waals surface area contributed by atoms with Gasteiger partial charge in [0, 0.05) is 29.7 Å². The van der Waals surface area contributed by atoms with Crippen molar-refractivity contribution < 1.29 is 0 Å². The molecule has 3 aromatic rings. The van der Waals surface area contributed by atoms with E-state index < -0.39 is 0 Å². The number of fused-ring (bicyclic) bond motifs is 1. The van der Waals surface area contributed by atoms with Gasteiger partial charge in [-0.2, -0.15) is 10.2 Å². The van der Waals surface area contributed by atoms with Crippen molar-refractivity contribution in [1.29, 1.82) is 0 Å². The molecule has 0 aliphatic rings. The number of nitrogens with zero attached hydrogens (tertiary/aromatic N) is 4. The summed E-state index contributed by atoms with van der Waals surface area (Å²) in [7, 11) is 0. The van der Waals surface area contributed by atoms with E-state index in [9.17, 15) is 0 Å². The van der Waals surface area contributed by atoms with Crippen LogP contribution in [0.5, 0.6) is 0 Å². The van der Waals surface area contributed by atoms with E-state index in [1.165, 1.54) is 10.9 Å². The highest BCUT2D eigenvalue weighted by Crippen LogP contribution is 2.20. The smallest absolute Gasteiger partial charge is 0.0918 e. The molecule has 2 aromatic heterocycles. The van der Waals surface area contributed by atoms with E-state index in [2.05, 4.69) is 30.2 Å². The molecule has 0 bridgehead atoms. The van der Waals surface area contributed by atoms with Gasteiger partial charge < -0.3 is 5.73 Å². The summed E-state index contributed by atoms with van der Waals surface area (Å²) < 4.78 is 4.00. The zero-order valence-corrected chi connectivity index (χ0v) is 11.9. The van der Waals surface area contributed by atoms with Crippen LogP contribution in [0.3, 0.4) is 0 Å². The van der Waals surface area contributed by atoms with Gasteiger partial charge in [-0.05, 0) is 19.9 Å². The predicted octanol–water partition coefficient (Wildman–Crippen LogP) is 2.07. The number of nitrogens with two attached hydrogens (primary N) is 1. The molecule has 0 saturated heterocycles. The Bertz CT molecular complexity index is 738. The molecule has 0 aliphatic carbocycles. The van der Waals surface area contributed by atoms with Crippen molar-refractivity contribution in [2.24, 2.45) is 5.73 Å². The highest BCUT2D eigenvalue weighted by molar-refractivity contribution is 5.81. The van der Waals surface area contributed by atoms with Crippen LogP contribution in [-0.2, 0) is 19.6 Å². The van der Waals surface area contributed by atoms with Crippen LogP contribution in [0.25, 0.3) is 10.9 Å². The monoisotopic (exact) mass is 269 g/mol. The summed E-state index contributed by atoms with van der Waals surface area (Å²) in [5, 5.41) is 10.3. The number of benzene rings is 1. The first-order valence-electron chi connectivity index (χ1n) is 6.90. The molecule has 0 saturated carbocycles. The fourth-order valence-electron chi connectivity index (χ4n) is 2.54. The fraction of sp³-hybridized carbons (Fsp3) is 0.333. The minimum absolute atomic E-state index is 0.524. The van der Waals surface area contributed by atoms with E-state index in [-0.39, 0.29) is 0 Å². The molecule has 5 heteroatoms. The lowest BCUT2D eigenvalue weighted by atomic mass is 10.2. The molecule has 2 heterocycles. The Hall–Kier alpha value is -2.14. The molecule has 0 radical (unpaired) electrons. The zero-order valence-electron chi connectivity index (χ0n) is 11.9. The third-order valence-corrected chi connectivity index (χ3v) is 3.76. The molecule has 0 atom stereocenters. The third kappa shape index (κ3) is 2.00. The van der Waals surface area contributed by atoms with E-state index in [0.29, 0.717) is 13.1 Å². The average Bonchev–Trinajstić information content (AvgIpc) is 3.01. The van der Waals surface area contributed by atoms with E-state index in [4.69, 9.17) is 10.8 Å². The summed E-state index contributed by atoms with van der Waals surface area (Å²) in [5.74, 6) is 0. The first-order chi connectivity index (χ1) is 9.74. The normalized spacial score (nSPS) is 11.3. The maximum Gasteiger partial charge on any atom is 0.0918 e. The summed E-state index contributed by atoms with van der Waals surface area (Å²) in [6, 6.07) is 8.32. The number of hydrogen-bond acceptors (Lipinski definition) is 3. The van der Waals surface area contributed by atoms with Crippen LogP contribution in [0.15, 0.2) is 30.5 Å². The maximum atomic E-state index is 5.70. The van der Waals surface area contributed by atoms with E-state index in [0.717, 1.165) is 23.5 Å². The molecular formula is C15H19N5. The molecule has 104 valence electrons. The predicted molar refractivity (Wildman–Crippen MR) is 79.4 cm³/mol. The molecular weight excluding hydrogens is 250 g/mol. The topological polar surface area (TPSA) is 61.7 Å². The second-order valence-electron chi connectivity index (χ2n) is 4.90. The quantitative estimate of drug-likeness (QED) is 0.788. The Balaban J connectivity index is 2.04. The Morgan fingerprint density at radius 3 is 2.70 bits per heavy atom. The molecule has 1 aromatic carbocycles. The van der Waals surface area contributed by atoms with E-state index in [1.807, 2.05) is 28.6 Å². The average molecular weight is 269 g/mol. The lowest BCUT2D eigenvalue weighted by Gasteiger charge is -2.03. The number of rotatable bonds is 4. The minimum Gasteiger partial charge on any atom is -0.326 e. The number of para-hydroxylation sites is 1. The second-order valence-corrected chi connectivity index (χ2v) is 4.90. The van der Waals surface area contributed by atoms with Gasteiger partial charge >= 0.3 is 0 Å². The highest BCUT2D eigenvalue weighted by atomic mass is 15.3. The van der Waals surface area contributed by atoms with Crippen LogP contribution in [0.1, 0.15) is 23.9 Å². The summed E-state index contributed by atoms with van der Waals surface area (Å²) in [5.41, 5.74) is 10.1. The van der Waals surface area contributed by atoms with E-state index >= 15 is 0 Å². The molecule has 20 heavy (non-hydrogen) atoms. The van der Waals surface area contributed by atoms with Crippen LogP contribution in [-0.4, -0.2) is 19.6 Å². The maximum absolute atomic E-state index is 5.70. The third-order valence-electron chi connectivity index (χ3n) is 3.76. The molecule has 3 rings (SSSR count). The lowest BCUT2D eigenvalue weighted by Crippen LogP contribution is -2.07. The number of hydrogen-bond donors (Lipinski definition) is 1. The van der Waals surface area contributed by atoms with Crippen molar-refractivity contribution >= 4 is 10.9 Å². The Kier molecular flexibility index (Phi) is 3.28. The highest BCUT2D eigenvalue weighted by Gasteiger charge is 2.12. The standard InChI is InChI=1S/C15H19N5/c1-3-19-15-7-5-4-6-13(15)14(18-19)10-20-11(2)12(8-16)9-17-20/h4-7,9H,3,8,10,16H2,1-2H3. The summed E-state index contributed by atoms with van der Waals surface area (Å²) in [4.78, 5) is 0. The summed E-state index contributed by atoms with van der Waals surface area (Å²) >= 11 is 0. The molecule has 0 unspecified atom stereocenters. The zero-order chi connectivity index (χ0) is 14.1. The van der Waals surface area contributed by atoms with Gasteiger partial charge in [0.05, 0.1) is 24.0 Å². The number of aryl methyl sites for hydroxylation is 1. The van der Waals surface area contributed by atoms with Gasteiger partial charge in [0.1, 0.15) is 0 Å². The van der Waals surface area contributed by atoms with Crippen molar-refractivity contribution in [3.8, 4) is 0 Å². The largest absolute Gasteiger partial charge is 0.326 e. The van der Waals surface area contributed by atoms with Crippen LogP contribution in [0, 0.1) is 6.92 Å². The Labute approximate surface area is 118 Å². The molecule has 5 nitrogen and oxygen atoms in total. The lowest BCUT2D eigenvalue weighted by molar-refractivity contribution is 0.617. The second kappa shape index (κ2) is 5.09. The van der Waals surface area contributed by atoms with Gasteiger partial charge in [0.25, 0.3) is 0 Å². The Morgan fingerprint density at radius 2 is 2.00 bits per heavy atom. The molecule has 2 N–H and O–H groups in total. The van der Waals surface area contributed by atoms with Crippen LogP contribution in [0.4, 0.5) is 0 Å². The van der Waals surface area contributed by atoms with Gasteiger partial charge in [-0.25, -0.2) is 0 Å². The van der Waals surface area contributed by atoms with Gasteiger partial charge in [-0.3, -0.25) is 9.36 Å². The SMILES string of the molecule is CCn1nc(Cn2ncc(CN)c2C)c2ccccc21. The van der Waals surface area contributed by atoms with Crippen LogP contribution in [0.2, 0.25) is 0 Å². The van der Waals surface area contributed by atoms with Crippen molar-refractivity contribution in [2.45, 2.75) is 33.5 Å². The molecule has 0 aliphatic heterocycles. The van der Waals surface area contributed by atoms with E-state index in [1.54, 1.807) is 0 Å². The van der Waals surface area contributed by atoms with Gasteiger partial charge in [-0.1, -0.05) is 18.2 Å². The minimum atomic E-state index is 0.524. The molecule has 0 fully saturated rings. The first-order valence-corrected chi connectivity index (χ1v) is 6.90. The fourth-order valence-corrected chi connectivity index (χ4v) is 2.54. The molecule has 0 spiro atoms. The van der Waals surface area contributed by atoms with Crippen molar-refractivity contribution in [1.82, 2.24) is 19.6 Å².